The van der Waals surface area contributed by atoms with Gasteiger partial charge in [-0.15, -0.1) is 10.2 Å². The summed E-state index contributed by atoms with van der Waals surface area (Å²) in [5, 5.41) is 37.6. The number of anilines is 1. The van der Waals surface area contributed by atoms with E-state index in [9.17, 15) is 15.2 Å². The van der Waals surface area contributed by atoms with Crippen LogP contribution in [0.2, 0.25) is 0 Å². The van der Waals surface area contributed by atoms with E-state index in [1.807, 2.05) is 42.5 Å². The Morgan fingerprint density at radius 3 is 2.44 bits per heavy atom. The van der Waals surface area contributed by atoms with Crippen LogP contribution in [0.5, 0.6) is 5.75 Å². The Balaban J connectivity index is 1.55. The monoisotopic (exact) mass is 516 g/mol. The number of nitrogens with one attached hydrogen (secondary N) is 1. The number of nitriles is 1. The standard InChI is InChI=1S/C29H24N8O2/c1-29(2,3)20-9-11-21(12-10-20)34-27(39)23-15-18-7-4-5-8-22(18)24(25(23)38)35-36-26-19(16-30)17-33-37(26)28-31-13-6-14-32-28/h4-15,17,38H,1-3H3,(H,34,39). The van der Waals surface area contributed by atoms with Crippen LogP contribution in [-0.2, 0) is 5.41 Å². The van der Waals surface area contributed by atoms with Gasteiger partial charge >= 0.3 is 0 Å². The number of carbonyl (C=O) groups excluding carboxylic acids is 1. The van der Waals surface area contributed by atoms with Crippen molar-refractivity contribution in [2.75, 3.05) is 5.32 Å². The average Bonchev–Trinajstić information content (AvgIpc) is 3.35. The van der Waals surface area contributed by atoms with Crippen LogP contribution in [0.4, 0.5) is 17.2 Å². The summed E-state index contributed by atoms with van der Waals surface area (Å²) < 4.78 is 1.28. The maximum Gasteiger partial charge on any atom is 0.259 e. The van der Waals surface area contributed by atoms with Crippen LogP contribution >= 0.6 is 0 Å². The summed E-state index contributed by atoms with van der Waals surface area (Å²) in [7, 11) is 0. The molecule has 0 aliphatic rings. The molecule has 10 nitrogen and oxygen atoms in total. The highest BCUT2D eigenvalue weighted by Crippen LogP contribution is 2.40. The molecular formula is C29H24N8O2. The van der Waals surface area contributed by atoms with Crippen LogP contribution in [0, 0.1) is 11.3 Å². The highest BCUT2D eigenvalue weighted by molar-refractivity contribution is 6.11. The van der Waals surface area contributed by atoms with Crippen molar-refractivity contribution >= 4 is 33.9 Å². The van der Waals surface area contributed by atoms with Gasteiger partial charge in [0.25, 0.3) is 11.9 Å². The van der Waals surface area contributed by atoms with Crippen molar-refractivity contribution in [2.24, 2.45) is 10.2 Å². The first-order valence-electron chi connectivity index (χ1n) is 12.1. The lowest BCUT2D eigenvalue weighted by Gasteiger charge is -2.19. The number of phenolic OH excluding ortho intramolecular Hbond substituents is 1. The third kappa shape index (κ3) is 5.06. The summed E-state index contributed by atoms with van der Waals surface area (Å²) in [5.74, 6) is -0.561. The smallest absolute Gasteiger partial charge is 0.259 e. The second-order valence-electron chi connectivity index (χ2n) is 9.78. The minimum Gasteiger partial charge on any atom is -0.505 e. The third-order valence-electron chi connectivity index (χ3n) is 6.10. The van der Waals surface area contributed by atoms with Crippen LogP contribution < -0.4 is 5.32 Å². The molecule has 10 heteroatoms. The number of benzene rings is 3. The Labute approximate surface area is 224 Å². The lowest BCUT2D eigenvalue weighted by atomic mass is 9.87. The first-order chi connectivity index (χ1) is 18.8. The van der Waals surface area contributed by atoms with E-state index in [-0.39, 0.29) is 39.7 Å². The zero-order valence-electron chi connectivity index (χ0n) is 21.5. The second-order valence-corrected chi connectivity index (χ2v) is 9.78. The molecule has 0 unspecified atom stereocenters. The Hall–Kier alpha value is -5.43. The van der Waals surface area contributed by atoms with Crippen LogP contribution in [0.25, 0.3) is 16.7 Å². The van der Waals surface area contributed by atoms with E-state index in [0.29, 0.717) is 16.5 Å². The van der Waals surface area contributed by atoms with Crippen molar-refractivity contribution in [1.82, 2.24) is 19.7 Å². The molecule has 0 radical (unpaired) electrons. The Morgan fingerprint density at radius 2 is 1.74 bits per heavy atom. The lowest BCUT2D eigenvalue weighted by molar-refractivity contribution is 0.102. The van der Waals surface area contributed by atoms with Crippen LogP contribution in [-0.4, -0.2) is 30.8 Å². The summed E-state index contributed by atoms with van der Waals surface area (Å²) in [5.41, 5.74) is 1.95. The normalized spacial score (nSPS) is 11.5. The molecule has 192 valence electrons. The number of nitrogens with zero attached hydrogens (tertiary/aromatic N) is 7. The molecule has 2 N–H and O–H groups in total. The summed E-state index contributed by atoms with van der Waals surface area (Å²) in [6.45, 7) is 6.34. The van der Waals surface area contributed by atoms with E-state index >= 15 is 0 Å². The third-order valence-corrected chi connectivity index (χ3v) is 6.10. The van der Waals surface area contributed by atoms with Crippen molar-refractivity contribution < 1.29 is 9.90 Å². The molecule has 0 atom stereocenters. The van der Waals surface area contributed by atoms with E-state index in [1.165, 1.54) is 23.3 Å². The molecular weight excluding hydrogens is 492 g/mol. The Morgan fingerprint density at radius 1 is 1.03 bits per heavy atom. The highest BCUT2D eigenvalue weighted by atomic mass is 16.3. The molecule has 0 spiro atoms. The maximum atomic E-state index is 13.3. The molecule has 0 saturated heterocycles. The fourth-order valence-corrected chi connectivity index (χ4v) is 4.01. The predicted octanol–water partition coefficient (Wildman–Crippen LogP) is 6.36. The fourth-order valence-electron chi connectivity index (χ4n) is 4.01. The van der Waals surface area contributed by atoms with Gasteiger partial charge in [-0.25, -0.2) is 9.97 Å². The molecule has 0 aliphatic heterocycles. The number of hydrogen-bond donors (Lipinski definition) is 2. The number of phenols is 1. The van der Waals surface area contributed by atoms with E-state index in [4.69, 9.17) is 0 Å². The van der Waals surface area contributed by atoms with Gasteiger partial charge in [-0.1, -0.05) is 57.2 Å². The van der Waals surface area contributed by atoms with Crippen molar-refractivity contribution in [1.29, 1.82) is 5.26 Å². The van der Waals surface area contributed by atoms with Crippen molar-refractivity contribution in [3.8, 4) is 17.8 Å². The predicted molar refractivity (Wildman–Crippen MR) is 147 cm³/mol. The molecule has 5 rings (SSSR count). The van der Waals surface area contributed by atoms with Gasteiger partial charge in [-0.3, -0.25) is 4.79 Å². The summed E-state index contributed by atoms with van der Waals surface area (Å²) >= 11 is 0. The Bertz CT molecular complexity index is 1750. The molecule has 1 amide bonds. The maximum absolute atomic E-state index is 13.3. The largest absolute Gasteiger partial charge is 0.505 e. The molecule has 2 heterocycles. The fraction of sp³-hybridized carbons (Fsp3) is 0.138. The van der Waals surface area contributed by atoms with E-state index in [2.05, 4.69) is 51.4 Å². The number of aromatic hydroxyl groups is 1. The van der Waals surface area contributed by atoms with Gasteiger partial charge in [0.2, 0.25) is 0 Å². The minimum atomic E-state index is -0.501. The molecule has 3 aromatic carbocycles. The van der Waals surface area contributed by atoms with Gasteiger partial charge in [-0.05, 0) is 40.6 Å². The molecule has 0 bridgehead atoms. The number of aromatic nitrogens is 4. The number of fused-ring (bicyclic) bond motifs is 1. The highest BCUT2D eigenvalue weighted by Gasteiger charge is 2.20. The van der Waals surface area contributed by atoms with Crippen LogP contribution in [0.3, 0.4) is 0 Å². The van der Waals surface area contributed by atoms with Gasteiger partial charge in [0.15, 0.2) is 11.6 Å². The van der Waals surface area contributed by atoms with Gasteiger partial charge in [0.05, 0.1) is 11.8 Å². The van der Waals surface area contributed by atoms with Crippen LogP contribution in [0.15, 0.2) is 89.5 Å². The van der Waals surface area contributed by atoms with Crippen molar-refractivity contribution in [2.45, 2.75) is 26.2 Å². The number of hydrogen-bond acceptors (Lipinski definition) is 8. The first kappa shape index (κ1) is 25.2. The Kier molecular flexibility index (Phi) is 6.56. The molecule has 0 fully saturated rings. The molecule has 0 aliphatic carbocycles. The molecule has 5 aromatic rings. The quantitative estimate of drug-likeness (QED) is 0.260. The number of azo groups is 1. The van der Waals surface area contributed by atoms with E-state index in [1.54, 1.807) is 24.3 Å². The van der Waals surface area contributed by atoms with Gasteiger partial charge in [0, 0.05) is 23.5 Å². The SMILES string of the molecule is CC(C)(C)c1ccc(NC(=O)c2cc3ccccc3c(N=Nc3c(C#N)cnn3-c3ncccn3)c2O)cc1. The van der Waals surface area contributed by atoms with Crippen molar-refractivity contribution in [3.05, 3.63) is 95.9 Å². The summed E-state index contributed by atoms with van der Waals surface area (Å²) in [6, 6.07) is 20.0. The second kappa shape index (κ2) is 10.1. The first-order valence-corrected chi connectivity index (χ1v) is 12.1. The van der Waals surface area contributed by atoms with Gasteiger partial charge in [0.1, 0.15) is 17.3 Å². The lowest BCUT2D eigenvalue weighted by Crippen LogP contribution is -2.14. The van der Waals surface area contributed by atoms with Crippen molar-refractivity contribution in [3.63, 3.8) is 0 Å². The topological polar surface area (TPSA) is 141 Å². The summed E-state index contributed by atoms with van der Waals surface area (Å²) in [4.78, 5) is 21.6. The molecule has 39 heavy (non-hydrogen) atoms. The molecule has 2 aromatic heterocycles. The van der Waals surface area contributed by atoms with Crippen LogP contribution in [0.1, 0.15) is 42.3 Å². The summed E-state index contributed by atoms with van der Waals surface area (Å²) in [6.07, 6.45) is 4.40. The number of rotatable bonds is 5. The average molecular weight is 517 g/mol. The van der Waals surface area contributed by atoms with E-state index in [0.717, 1.165) is 5.56 Å². The van der Waals surface area contributed by atoms with E-state index < -0.39 is 5.91 Å². The zero-order valence-corrected chi connectivity index (χ0v) is 21.5. The van der Waals surface area contributed by atoms with Gasteiger partial charge < -0.3 is 10.4 Å². The number of carbonyl (C=O) groups is 1. The zero-order chi connectivity index (χ0) is 27.6. The molecule has 0 saturated carbocycles. The number of amides is 1. The minimum absolute atomic E-state index is 0.0213. The van der Waals surface area contributed by atoms with Gasteiger partial charge in [-0.2, -0.15) is 15.0 Å².